The molecule has 1 spiro atoms. The van der Waals surface area contributed by atoms with Crippen LogP contribution in [0.4, 0.5) is 0 Å². The summed E-state index contributed by atoms with van der Waals surface area (Å²) < 4.78 is 6.65. The fraction of sp³-hybridized carbons (Fsp3) is 0.690. The lowest BCUT2D eigenvalue weighted by Gasteiger charge is -2.33. The molecule has 204 valence electrons. The van der Waals surface area contributed by atoms with Gasteiger partial charge in [-0.2, -0.15) is 0 Å². The topological polar surface area (TPSA) is 108 Å². The Labute approximate surface area is 220 Å². The van der Waals surface area contributed by atoms with E-state index in [2.05, 4.69) is 17.6 Å². The number of carbonyl (C=O) groups is 3. The van der Waals surface area contributed by atoms with Crippen molar-refractivity contribution >= 4 is 17.7 Å². The third-order valence-electron chi connectivity index (χ3n) is 8.50. The number of hydrogen-bond acceptors (Lipinski definition) is 5. The van der Waals surface area contributed by atoms with Crippen molar-refractivity contribution in [3.63, 3.8) is 0 Å². The molecule has 4 rings (SSSR count). The van der Waals surface area contributed by atoms with Gasteiger partial charge in [0.15, 0.2) is 0 Å². The molecule has 2 unspecified atom stereocenters. The standard InChI is InChI=1S/C29H43N3O5/c1-3-4-10-17-30-26(35)24-29-16-15-28(2,37-29)22(25(34)31-20-21-13-8-7-9-14-21)23(29)27(36)32(24)18-11-5-6-12-19-33/h7-9,13-14,22-24,33H,3-6,10-12,15-20H2,1-2H3,(H,30,35)(H,31,34)/t22-,23-,24?,28+,29?/m0/s1. The summed E-state index contributed by atoms with van der Waals surface area (Å²) in [5.74, 6) is -1.78. The smallest absolute Gasteiger partial charge is 0.245 e. The second-order valence-electron chi connectivity index (χ2n) is 11.1. The zero-order valence-electron chi connectivity index (χ0n) is 22.3. The molecule has 3 aliphatic heterocycles. The van der Waals surface area contributed by atoms with Crippen molar-refractivity contribution in [1.29, 1.82) is 0 Å². The second kappa shape index (κ2) is 11.9. The van der Waals surface area contributed by atoms with E-state index in [1.54, 1.807) is 4.90 Å². The van der Waals surface area contributed by atoms with Gasteiger partial charge in [-0.3, -0.25) is 14.4 Å². The van der Waals surface area contributed by atoms with Crippen LogP contribution in [0.25, 0.3) is 0 Å². The van der Waals surface area contributed by atoms with Crippen LogP contribution >= 0.6 is 0 Å². The molecule has 0 aliphatic carbocycles. The average molecular weight is 514 g/mol. The Morgan fingerprint density at radius 1 is 1.03 bits per heavy atom. The van der Waals surface area contributed by atoms with Gasteiger partial charge in [-0.25, -0.2) is 0 Å². The molecule has 0 aromatic heterocycles. The molecule has 2 bridgehead atoms. The number of nitrogens with one attached hydrogen (secondary N) is 2. The van der Waals surface area contributed by atoms with Gasteiger partial charge in [0, 0.05) is 26.2 Å². The van der Waals surface area contributed by atoms with Crippen molar-refractivity contribution in [3.05, 3.63) is 35.9 Å². The van der Waals surface area contributed by atoms with Crippen molar-refractivity contribution in [2.75, 3.05) is 19.7 Å². The van der Waals surface area contributed by atoms with Gasteiger partial charge in [-0.1, -0.05) is 62.9 Å². The highest BCUT2D eigenvalue weighted by atomic mass is 16.5. The lowest BCUT2D eigenvalue weighted by atomic mass is 9.66. The Balaban J connectivity index is 1.55. The zero-order valence-corrected chi connectivity index (χ0v) is 22.3. The molecule has 3 saturated heterocycles. The lowest BCUT2D eigenvalue weighted by Crippen LogP contribution is -2.55. The fourth-order valence-corrected chi connectivity index (χ4v) is 6.69. The third kappa shape index (κ3) is 5.41. The van der Waals surface area contributed by atoms with Gasteiger partial charge in [0.25, 0.3) is 0 Å². The number of fused-ring (bicyclic) bond motifs is 1. The van der Waals surface area contributed by atoms with Crippen molar-refractivity contribution in [2.24, 2.45) is 11.8 Å². The predicted molar refractivity (Wildman–Crippen MR) is 140 cm³/mol. The number of hydrogen-bond donors (Lipinski definition) is 3. The van der Waals surface area contributed by atoms with Crippen LogP contribution in [-0.2, 0) is 25.7 Å². The van der Waals surface area contributed by atoms with Gasteiger partial charge in [0.2, 0.25) is 17.7 Å². The number of aliphatic hydroxyl groups excluding tert-OH is 1. The molecule has 3 aliphatic rings. The van der Waals surface area contributed by atoms with Crippen LogP contribution in [-0.4, -0.2) is 64.7 Å². The summed E-state index contributed by atoms with van der Waals surface area (Å²) in [5, 5.41) is 15.2. The van der Waals surface area contributed by atoms with Crippen molar-refractivity contribution in [2.45, 2.75) is 95.4 Å². The van der Waals surface area contributed by atoms with Gasteiger partial charge in [-0.05, 0) is 44.6 Å². The lowest BCUT2D eigenvalue weighted by molar-refractivity contribution is -0.146. The highest BCUT2D eigenvalue weighted by molar-refractivity contribution is 5.99. The summed E-state index contributed by atoms with van der Waals surface area (Å²) in [6, 6.07) is 8.99. The molecule has 1 aromatic carbocycles. The largest absolute Gasteiger partial charge is 0.396 e. The van der Waals surface area contributed by atoms with Crippen LogP contribution < -0.4 is 10.6 Å². The van der Waals surface area contributed by atoms with Crippen molar-refractivity contribution in [1.82, 2.24) is 15.5 Å². The van der Waals surface area contributed by atoms with E-state index in [1.807, 2.05) is 37.3 Å². The quantitative estimate of drug-likeness (QED) is 0.332. The van der Waals surface area contributed by atoms with Crippen LogP contribution in [0.2, 0.25) is 0 Å². The Kier molecular flexibility index (Phi) is 8.90. The highest BCUT2D eigenvalue weighted by Crippen LogP contribution is 2.63. The maximum Gasteiger partial charge on any atom is 0.245 e. The van der Waals surface area contributed by atoms with Crippen LogP contribution in [0.3, 0.4) is 0 Å². The summed E-state index contributed by atoms with van der Waals surface area (Å²) in [6.45, 7) is 5.61. The van der Waals surface area contributed by atoms with E-state index in [9.17, 15) is 14.4 Å². The highest BCUT2D eigenvalue weighted by Gasteiger charge is 2.77. The molecule has 0 saturated carbocycles. The molecule has 3 N–H and O–H groups in total. The van der Waals surface area contributed by atoms with Gasteiger partial charge in [-0.15, -0.1) is 0 Å². The first-order valence-corrected chi connectivity index (χ1v) is 14.1. The Morgan fingerprint density at radius 2 is 1.78 bits per heavy atom. The number of rotatable bonds is 14. The number of benzene rings is 1. The summed E-state index contributed by atoms with van der Waals surface area (Å²) >= 11 is 0. The summed E-state index contributed by atoms with van der Waals surface area (Å²) in [6.07, 6.45) is 7.44. The predicted octanol–water partition coefficient (Wildman–Crippen LogP) is 2.93. The van der Waals surface area contributed by atoms with Crippen molar-refractivity contribution < 1.29 is 24.2 Å². The molecule has 3 heterocycles. The Morgan fingerprint density at radius 3 is 2.51 bits per heavy atom. The monoisotopic (exact) mass is 513 g/mol. The molecule has 3 fully saturated rings. The molecule has 5 atom stereocenters. The number of likely N-dealkylation sites (tertiary alicyclic amines) is 1. The minimum atomic E-state index is -0.972. The van der Waals surface area contributed by atoms with Crippen molar-refractivity contribution in [3.8, 4) is 0 Å². The molecular weight excluding hydrogens is 470 g/mol. The van der Waals surface area contributed by atoms with Crippen LogP contribution in [0.15, 0.2) is 30.3 Å². The second-order valence-corrected chi connectivity index (χ2v) is 11.1. The number of ether oxygens (including phenoxy) is 1. The number of nitrogens with zero attached hydrogens (tertiary/aromatic N) is 1. The van der Waals surface area contributed by atoms with E-state index in [0.717, 1.165) is 50.5 Å². The molecule has 37 heavy (non-hydrogen) atoms. The number of unbranched alkanes of at least 4 members (excludes halogenated alkanes) is 5. The van der Waals surface area contributed by atoms with E-state index in [0.29, 0.717) is 32.5 Å². The average Bonchev–Trinajstić information content (AvgIpc) is 3.46. The number of amides is 3. The first-order chi connectivity index (χ1) is 17.9. The van der Waals surface area contributed by atoms with E-state index in [4.69, 9.17) is 9.84 Å². The Bertz CT molecular complexity index is 956. The molecule has 0 radical (unpaired) electrons. The first kappa shape index (κ1) is 27.6. The van der Waals surface area contributed by atoms with Crippen LogP contribution in [0.1, 0.15) is 77.2 Å². The number of carbonyl (C=O) groups excluding carboxylic acids is 3. The van der Waals surface area contributed by atoms with Crippen LogP contribution in [0, 0.1) is 11.8 Å². The van der Waals surface area contributed by atoms with Gasteiger partial charge in [0.1, 0.15) is 11.6 Å². The van der Waals surface area contributed by atoms with Gasteiger partial charge >= 0.3 is 0 Å². The maximum atomic E-state index is 14.0. The minimum absolute atomic E-state index is 0.140. The summed E-state index contributed by atoms with van der Waals surface area (Å²) in [4.78, 5) is 42.8. The van der Waals surface area contributed by atoms with Gasteiger partial charge < -0.3 is 25.4 Å². The first-order valence-electron chi connectivity index (χ1n) is 14.1. The van der Waals surface area contributed by atoms with E-state index >= 15 is 0 Å². The fourth-order valence-electron chi connectivity index (χ4n) is 6.69. The van der Waals surface area contributed by atoms with E-state index < -0.39 is 29.1 Å². The Hall–Kier alpha value is -2.45. The molecule has 8 heteroatoms. The van der Waals surface area contributed by atoms with Crippen LogP contribution in [0.5, 0.6) is 0 Å². The zero-order chi connectivity index (χ0) is 26.5. The summed E-state index contributed by atoms with van der Waals surface area (Å²) in [5.41, 5.74) is -0.748. The third-order valence-corrected chi connectivity index (χ3v) is 8.50. The minimum Gasteiger partial charge on any atom is -0.396 e. The van der Waals surface area contributed by atoms with Gasteiger partial charge in [0.05, 0.1) is 17.4 Å². The summed E-state index contributed by atoms with van der Waals surface area (Å²) in [7, 11) is 0. The molecule has 8 nitrogen and oxygen atoms in total. The molecule has 1 aromatic rings. The normalized spacial score (nSPS) is 30.0. The van der Waals surface area contributed by atoms with E-state index in [-0.39, 0.29) is 24.3 Å². The van der Waals surface area contributed by atoms with E-state index in [1.165, 1.54) is 0 Å². The maximum absolute atomic E-state index is 14.0. The molecule has 3 amide bonds. The SMILES string of the molecule is CCCCCNC(=O)C1N(CCCCCCO)C(=O)[C@@H]2[C@@H](C(=O)NCc3ccccc3)[C@@]3(C)CCC12O3. The molecular formula is C29H43N3O5. The number of aliphatic hydroxyl groups is 1.